The molecular formula is C24H27F3N4O. The van der Waals surface area contributed by atoms with Gasteiger partial charge in [0.15, 0.2) is 5.82 Å². The van der Waals surface area contributed by atoms with Gasteiger partial charge in [-0.05, 0) is 40.2 Å². The number of fused-ring (bicyclic) bond motifs is 2. The van der Waals surface area contributed by atoms with Gasteiger partial charge in [-0.15, -0.1) is 5.10 Å². The fraction of sp³-hybridized carbons (Fsp3) is 0.458. The van der Waals surface area contributed by atoms with E-state index in [1.807, 2.05) is 33.8 Å². The Morgan fingerprint density at radius 3 is 2.47 bits per heavy atom. The van der Waals surface area contributed by atoms with Crippen molar-refractivity contribution in [2.45, 2.75) is 59.0 Å². The molecule has 170 valence electrons. The van der Waals surface area contributed by atoms with Crippen molar-refractivity contribution in [2.24, 2.45) is 5.41 Å². The minimum atomic E-state index is -2.89. The standard InChI is InChI=1S/C24H27F3N4O/c1-12(14-8-7-9-15(19(14)25)20(26)27)28-21-17-11-24(5)18(10-16(17)13(2)29-30-21)23(3,4)22(32)31(24)6/h7-10,12,20H,11H2,1-6H3,(H,28,30). The van der Waals surface area contributed by atoms with Gasteiger partial charge in [0.2, 0.25) is 5.91 Å². The zero-order valence-corrected chi connectivity index (χ0v) is 19.1. The van der Waals surface area contributed by atoms with Gasteiger partial charge in [-0.2, -0.15) is 5.10 Å². The summed E-state index contributed by atoms with van der Waals surface area (Å²) in [4.78, 5) is 14.7. The number of benzene rings is 1. The van der Waals surface area contributed by atoms with Gasteiger partial charge >= 0.3 is 0 Å². The Labute approximate surface area is 185 Å². The van der Waals surface area contributed by atoms with Gasteiger partial charge in [0.25, 0.3) is 6.43 Å². The molecule has 5 nitrogen and oxygen atoms in total. The first-order valence-electron chi connectivity index (χ1n) is 10.6. The SMILES string of the molecule is Cc1nnc(NC(C)c2cccc(C(F)F)c2F)c2c1C=C1C(C)(C)C(=O)N(C)C1(C)C2. The summed E-state index contributed by atoms with van der Waals surface area (Å²) in [6, 6.07) is 3.38. The largest absolute Gasteiger partial charge is 0.362 e. The Balaban J connectivity index is 1.77. The van der Waals surface area contributed by atoms with E-state index in [4.69, 9.17) is 0 Å². The van der Waals surface area contributed by atoms with Crippen LogP contribution in [0.2, 0.25) is 0 Å². The van der Waals surface area contributed by atoms with Gasteiger partial charge in [0, 0.05) is 30.2 Å². The number of halogens is 3. The first-order chi connectivity index (χ1) is 14.9. The van der Waals surface area contributed by atoms with Crippen LogP contribution in [0.1, 0.15) is 68.1 Å². The monoisotopic (exact) mass is 444 g/mol. The van der Waals surface area contributed by atoms with E-state index in [2.05, 4.69) is 15.5 Å². The summed E-state index contributed by atoms with van der Waals surface area (Å²) < 4.78 is 41.0. The van der Waals surface area contributed by atoms with Crippen LogP contribution in [0.4, 0.5) is 19.0 Å². The van der Waals surface area contributed by atoms with Crippen LogP contribution in [-0.4, -0.2) is 33.6 Å². The van der Waals surface area contributed by atoms with Crippen LogP contribution >= 0.6 is 0 Å². The molecule has 1 aromatic carbocycles. The maximum atomic E-state index is 14.7. The van der Waals surface area contributed by atoms with Gasteiger partial charge in [0.05, 0.1) is 28.3 Å². The zero-order chi connectivity index (χ0) is 23.6. The van der Waals surface area contributed by atoms with E-state index < -0.39 is 34.8 Å². The highest BCUT2D eigenvalue weighted by atomic mass is 19.3. The third kappa shape index (κ3) is 3.11. The van der Waals surface area contributed by atoms with E-state index in [0.29, 0.717) is 12.2 Å². The summed E-state index contributed by atoms with van der Waals surface area (Å²) in [5, 5.41) is 11.7. The molecule has 1 aliphatic carbocycles. The molecule has 32 heavy (non-hydrogen) atoms. The molecule has 2 heterocycles. The Hall–Kier alpha value is -2.90. The van der Waals surface area contributed by atoms with Crippen LogP contribution in [-0.2, 0) is 11.2 Å². The maximum Gasteiger partial charge on any atom is 0.266 e. The fourth-order valence-electron chi connectivity index (χ4n) is 5.08. The molecule has 0 saturated carbocycles. The number of rotatable bonds is 4. The van der Waals surface area contributed by atoms with Crippen LogP contribution in [0.3, 0.4) is 0 Å². The third-order valence-corrected chi connectivity index (χ3v) is 7.06. The smallest absolute Gasteiger partial charge is 0.266 e. The zero-order valence-electron chi connectivity index (χ0n) is 19.1. The molecule has 1 fully saturated rings. The second kappa shape index (κ2) is 7.32. The number of nitrogens with one attached hydrogen (secondary N) is 1. The highest BCUT2D eigenvalue weighted by Gasteiger charge is 2.56. The van der Waals surface area contributed by atoms with Crippen molar-refractivity contribution in [2.75, 3.05) is 12.4 Å². The van der Waals surface area contributed by atoms with Crippen molar-refractivity contribution < 1.29 is 18.0 Å². The summed E-state index contributed by atoms with van der Waals surface area (Å²) in [6.07, 6.45) is -0.348. The topological polar surface area (TPSA) is 58.1 Å². The molecule has 0 radical (unpaired) electrons. The Kier molecular flexibility index (Phi) is 5.10. The third-order valence-electron chi connectivity index (χ3n) is 7.06. The molecule has 2 unspecified atom stereocenters. The molecule has 4 rings (SSSR count). The molecule has 2 aromatic rings. The first kappa shape index (κ1) is 22.3. The van der Waals surface area contributed by atoms with Crippen molar-refractivity contribution in [1.29, 1.82) is 0 Å². The minimum Gasteiger partial charge on any atom is -0.362 e. The average molecular weight is 445 g/mol. The van der Waals surface area contributed by atoms with Crippen molar-refractivity contribution in [1.82, 2.24) is 15.1 Å². The molecule has 1 aliphatic heterocycles. The molecule has 0 spiro atoms. The number of anilines is 1. The summed E-state index contributed by atoms with van der Waals surface area (Å²) >= 11 is 0. The number of aromatic nitrogens is 2. The van der Waals surface area contributed by atoms with Gasteiger partial charge in [-0.25, -0.2) is 13.2 Å². The number of nitrogens with zero attached hydrogens (tertiary/aromatic N) is 3. The summed E-state index contributed by atoms with van der Waals surface area (Å²) in [5.74, 6) is -0.415. The van der Waals surface area contributed by atoms with Gasteiger partial charge in [0.1, 0.15) is 5.82 Å². The van der Waals surface area contributed by atoms with Crippen LogP contribution in [0, 0.1) is 18.2 Å². The number of alkyl halides is 2. The lowest BCUT2D eigenvalue weighted by Gasteiger charge is -2.38. The van der Waals surface area contributed by atoms with E-state index in [9.17, 15) is 18.0 Å². The van der Waals surface area contributed by atoms with Gasteiger partial charge in [-0.3, -0.25) is 4.79 Å². The number of carbonyl (C=O) groups excluding carboxylic acids is 1. The predicted octanol–water partition coefficient (Wildman–Crippen LogP) is 5.23. The normalized spacial score (nSPS) is 22.5. The highest BCUT2D eigenvalue weighted by molar-refractivity contribution is 5.94. The fourth-order valence-corrected chi connectivity index (χ4v) is 5.08. The van der Waals surface area contributed by atoms with E-state index >= 15 is 0 Å². The van der Waals surface area contributed by atoms with Crippen molar-refractivity contribution in [3.05, 3.63) is 57.5 Å². The molecule has 0 bridgehead atoms. The first-order valence-corrected chi connectivity index (χ1v) is 10.6. The summed E-state index contributed by atoms with van der Waals surface area (Å²) in [7, 11) is 1.80. The molecule has 8 heteroatoms. The number of amides is 1. The molecule has 1 aromatic heterocycles. The molecule has 2 aliphatic rings. The molecular weight excluding hydrogens is 417 g/mol. The number of carbonyl (C=O) groups is 1. The number of aryl methyl sites for hydroxylation is 1. The lowest BCUT2D eigenvalue weighted by Crippen LogP contribution is -2.44. The van der Waals surface area contributed by atoms with Crippen LogP contribution in [0.15, 0.2) is 23.8 Å². The van der Waals surface area contributed by atoms with Crippen LogP contribution in [0.5, 0.6) is 0 Å². The summed E-state index contributed by atoms with van der Waals surface area (Å²) in [6.45, 7) is 9.44. The Morgan fingerprint density at radius 2 is 1.81 bits per heavy atom. The summed E-state index contributed by atoms with van der Waals surface area (Å²) in [5.41, 5.74) is 1.87. The van der Waals surface area contributed by atoms with E-state index in [1.165, 1.54) is 12.1 Å². The minimum absolute atomic E-state index is 0.0476. The second-order valence-corrected chi connectivity index (χ2v) is 9.44. The Bertz CT molecular complexity index is 1140. The average Bonchev–Trinajstić information content (AvgIpc) is 2.86. The number of hydrogen-bond acceptors (Lipinski definition) is 4. The van der Waals surface area contributed by atoms with Crippen molar-refractivity contribution in [3.8, 4) is 0 Å². The van der Waals surface area contributed by atoms with E-state index in [0.717, 1.165) is 28.5 Å². The predicted molar refractivity (Wildman–Crippen MR) is 117 cm³/mol. The van der Waals surface area contributed by atoms with Crippen molar-refractivity contribution in [3.63, 3.8) is 0 Å². The van der Waals surface area contributed by atoms with Crippen LogP contribution < -0.4 is 5.32 Å². The number of likely N-dealkylation sites (tertiary alicyclic amines) is 1. The van der Waals surface area contributed by atoms with E-state index in [-0.39, 0.29) is 11.5 Å². The van der Waals surface area contributed by atoms with Crippen molar-refractivity contribution >= 4 is 17.8 Å². The maximum absolute atomic E-state index is 14.7. The molecule has 1 amide bonds. The lowest BCUT2D eigenvalue weighted by molar-refractivity contribution is -0.135. The molecule has 1 saturated heterocycles. The van der Waals surface area contributed by atoms with Gasteiger partial charge < -0.3 is 10.2 Å². The Morgan fingerprint density at radius 1 is 1.16 bits per heavy atom. The highest BCUT2D eigenvalue weighted by Crippen LogP contribution is 2.52. The molecule has 1 N–H and O–H groups in total. The number of likely N-dealkylation sites (N-methyl/N-ethyl adjacent to an activating group) is 1. The second-order valence-electron chi connectivity index (χ2n) is 9.44. The quantitative estimate of drug-likeness (QED) is 0.702. The van der Waals surface area contributed by atoms with E-state index in [1.54, 1.807) is 18.9 Å². The lowest BCUT2D eigenvalue weighted by atomic mass is 9.71. The number of hydrogen-bond donors (Lipinski definition) is 1. The van der Waals surface area contributed by atoms with Gasteiger partial charge in [-0.1, -0.05) is 24.3 Å². The van der Waals surface area contributed by atoms with Crippen LogP contribution in [0.25, 0.3) is 6.08 Å². The molecule has 2 atom stereocenters.